The molecule has 4 N–H and O–H groups in total. The molecule has 0 spiro atoms. The molecule has 446 valence electrons. The molecule has 12 nitrogen and oxygen atoms in total. The molecule has 1 heterocycles. The van der Waals surface area contributed by atoms with Gasteiger partial charge in [-0.3, -0.25) is 9.35 Å². The summed E-state index contributed by atoms with van der Waals surface area (Å²) in [5.41, 5.74) is 0. The number of aliphatic hydroxyl groups excluding tert-OH is 3. The molecule has 13 heteroatoms. The van der Waals surface area contributed by atoms with Crippen molar-refractivity contribution in [3.05, 3.63) is 122 Å². The Hall–Kier alpha value is -3.50. The fourth-order valence-electron chi connectivity index (χ4n) is 8.61. The molecular weight excluding hydrogens is 1000 g/mol. The van der Waals surface area contributed by atoms with E-state index in [2.05, 4.69) is 140 Å². The fourth-order valence-corrected chi connectivity index (χ4v) is 9.12. The van der Waals surface area contributed by atoms with Crippen LogP contribution in [0.2, 0.25) is 0 Å². The Morgan fingerprint density at radius 3 is 1.23 bits per heavy atom. The van der Waals surface area contributed by atoms with Gasteiger partial charge in [0.05, 0.1) is 19.8 Å². The molecule has 0 radical (unpaired) electrons. The van der Waals surface area contributed by atoms with Crippen molar-refractivity contribution < 1.29 is 56.2 Å². The number of unbranched alkanes of at least 4 members (excludes halogenated alkanes) is 19. The Balaban J connectivity index is 2.30. The lowest BCUT2D eigenvalue weighted by Gasteiger charge is -2.41. The van der Waals surface area contributed by atoms with E-state index in [0.29, 0.717) is 13.0 Å². The molecule has 0 aromatic rings. The normalized spacial score (nSPS) is 19.3. The lowest BCUT2D eigenvalue weighted by molar-refractivity contribution is -0.301. The molecule has 0 saturated carbocycles. The van der Waals surface area contributed by atoms with Crippen LogP contribution in [0.1, 0.15) is 219 Å². The van der Waals surface area contributed by atoms with Gasteiger partial charge in [0, 0.05) is 13.0 Å². The molecule has 0 aromatic heterocycles. The highest BCUT2D eigenvalue weighted by Crippen LogP contribution is 2.26. The smallest absolute Gasteiger partial charge is 0.397 e. The van der Waals surface area contributed by atoms with Crippen LogP contribution >= 0.6 is 0 Å². The van der Waals surface area contributed by atoms with Gasteiger partial charge in [0.2, 0.25) is 0 Å². The summed E-state index contributed by atoms with van der Waals surface area (Å²) in [5, 5.41) is 30.9. The van der Waals surface area contributed by atoms with E-state index in [1.807, 2.05) is 0 Å². The zero-order valence-corrected chi connectivity index (χ0v) is 49.2. The average Bonchev–Trinajstić information content (AvgIpc) is 3.42. The van der Waals surface area contributed by atoms with E-state index in [9.17, 15) is 33.1 Å². The number of esters is 1. The maximum Gasteiger partial charge on any atom is 0.397 e. The van der Waals surface area contributed by atoms with Crippen LogP contribution in [0.25, 0.3) is 0 Å². The second kappa shape index (κ2) is 54.1. The van der Waals surface area contributed by atoms with Gasteiger partial charge in [0.1, 0.15) is 30.5 Å². The van der Waals surface area contributed by atoms with Gasteiger partial charge in [0.25, 0.3) is 0 Å². The topological polar surface area (TPSA) is 178 Å². The van der Waals surface area contributed by atoms with Gasteiger partial charge < -0.3 is 34.3 Å². The summed E-state index contributed by atoms with van der Waals surface area (Å²) >= 11 is 0. The molecule has 0 amide bonds. The van der Waals surface area contributed by atoms with Crippen molar-refractivity contribution in [2.75, 3.05) is 26.4 Å². The minimum atomic E-state index is -5.08. The third-order valence-corrected chi connectivity index (χ3v) is 13.5. The Morgan fingerprint density at radius 2 is 0.846 bits per heavy atom. The fraction of sp³-hybridized carbons (Fsp3) is 0.677. The van der Waals surface area contributed by atoms with Gasteiger partial charge in [-0.2, -0.15) is 8.42 Å². The van der Waals surface area contributed by atoms with Crippen LogP contribution in [0, 0.1) is 0 Å². The maximum absolute atomic E-state index is 13.0. The van der Waals surface area contributed by atoms with Crippen LogP contribution in [0.3, 0.4) is 0 Å². The van der Waals surface area contributed by atoms with Crippen molar-refractivity contribution in [3.63, 3.8) is 0 Å². The maximum atomic E-state index is 13.0. The van der Waals surface area contributed by atoms with Crippen molar-refractivity contribution in [2.45, 2.75) is 256 Å². The minimum Gasteiger partial charge on any atom is -0.457 e. The van der Waals surface area contributed by atoms with Gasteiger partial charge in [-0.25, -0.2) is 4.18 Å². The predicted molar refractivity (Wildman–Crippen MR) is 321 cm³/mol. The number of hydrogen-bond donors (Lipinski definition) is 4. The second-order valence-electron chi connectivity index (χ2n) is 20.2. The molecule has 1 aliphatic rings. The SMILES string of the molecule is CC/C=C\C/C=C\C/C=C\C/C=C\C/C=C\CCCCCCCCCCCCOCC(COC1OC(CO)C(O)C(OS(=O)(=O)O)C1O)OC(=O)CCCCCCCCCCC/C=C\C/C=C\C/C=C\C/C=C\C/C=C\CC. The lowest BCUT2D eigenvalue weighted by Crippen LogP contribution is -2.60. The number of ether oxygens (including phenoxy) is 4. The number of rotatable bonds is 52. The van der Waals surface area contributed by atoms with E-state index in [1.165, 1.54) is 77.0 Å². The third kappa shape index (κ3) is 46.3. The Bertz CT molecular complexity index is 1810. The van der Waals surface area contributed by atoms with Crippen molar-refractivity contribution in [3.8, 4) is 0 Å². The number of carbonyl (C=O) groups is 1. The highest BCUT2D eigenvalue weighted by atomic mass is 32.3. The number of allylic oxidation sites excluding steroid dienone is 20. The Labute approximate surface area is 474 Å². The van der Waals surface area contributed by atoms with E-state index < -0.39 is 59.8 Å². The highest BCUT2D eigenvalue weighted by Gasteiger charge is 2.48. The molecule has 1 fully saturated rings. The average molecular weight is 1110 g/mol. The molecule has 6 atom stereocenters. The van der Waals surface area contributed by atoms with Crippen molar-refractivity contribution in [2.24, 2.45) is 0 Å². The number of aliphatic hydroxyl groups is 3. The Morgan fingerprint density at radius 1 is 0.487 bits per heavy atom. The van der Waals surface area contributed by atoms with E-state index in [4.69, 9.17) is 18.9 Å². The van der Waals surface area contributed by atoms with Crippen LogP contribution in [0.15, 0.2) is 122 Å². The molecule has 0 aromatic carbocycles. The van der Waals surface area contributed by atoms with Crippen molar-refractivity contribution >= 4 is 16.4 Å². The number of carbonyl (C=O) groups excluding carboxylic acids is 1. The molecule has 78 heavy (non-hydrogen) atoms. The minimum absolute atomic E-state index is 0.0228. The molecule has 1 saturated heterocycles. The molecule has 6 unspecified atom stereocenters. The summed E-state index contributed by atoms with van der Waals surface area (Å²) in [4.78, 5) is 13.0. The highest BCUT2D eigenvalue weighted by molar-refractivity contribution is 7.80. The van der Waals surface area contributed by atoms with Crippen molar-refractivity contribution in [1.29, 1.82) is 0 Å². The molecule has 1 aliphatic heterocycles. The third-order valence-electron chi connectivity index (χ3n) is 13.1. The van der Waals surface area contributed by atoms with Crippen LogP contribution in [-0.2, 0) is 38.3 Å². The van der Waals surface area contributed by atoms with Crippen LogP contribution in [0.5, 0.6) is 0 Å². The van der Waals surface area contributed by atoms with Gasteiger partial charge >= 0.3 is 16.4 Å². The largest absolute Gasteiger partial charge is 0.457 e. The summed E-state index contributed by atoms with van der Waals surface area (Å²) in [6, 6.07) is 0. The van der Waals surface area contributed by atoms with Crippen LogP contribution < -0.4 is 0 Å². The summed E-state index contributed by atoms with van der Waals surface area (Å²) in [6.45, 7) is 3.75. The summed E-state index contributed by atoms with van der Waals surface area (Å²) in [5.74, 6) is -0.411. The van der Waals surface area contributed by atoms with Gasteiger partial charge in [-0.05, 0) is 103 Å². The van der Waals surface area contributed by atoms with E-state index in [1.54, 1.807) is 0 Å². The van der Waals surface area contributed by atoms with Crippen molar-refractivity contribution in [1.82, 2.24) is 0 Å². The second-order valence-corrected chi connectivity index (χ2v) is 21.2. The summed E-state index contributed by atoms with van der Waals surface area (Å²) < 4.78 is 59.5. The zero-order valence-electron chi connectivity index (χ0n) is 48.4. The molecule has 1 rings (SSSR count). The molecule has 0 bridgehead atoms. The molecule has 0 aliphatic carbocycles. The van der Waals surface area contributed by atoms with Gasteiger partial charge in [-0.1, -0.05) is 232 Å². The van der Waals surface area contributed by atoms with Crippen LogP contribution in [-0.4, -0.2) is 97.5 Å². The van der Waals surface area contributed by atoms with E-state index in [-0.39, 0.29) is 19.6 Å². The van der Waals surface area contributed by atoms with Gasteiger partial charge in [-0.15, -0.1) is 0 Å². The van der Waals surface area contributed by atoms with Crippen LogP contribution in [0.4, 0.5) is 0 Å². The first-order valence-corrected chi connectivity index (χ1v) is 31.7. The van der Waals surface area contributed by atoms with E-state index in [0.717, 1.165) is 116 Å². The standard InChI is InChI=1S/C65H108O12S/c1-3-5-7-9-11-13-15-17-19-21-23-25-27-29-31-33-35-37-39-41-43-45-47-49-51-53-55-73-57-59(58-74-65-63(69)64(77-78(70,71)72)62(68)60(56-66)76-65)75-61(67)54-52-50-48-46-44-42-40-38-36-34-32-30-28-26-24-22-20-18-16-14-12-10-8-6-4-2/h5-8,11-14,17-20,23-26,29-32,59-60,62-66,68-69H,3-4,9-10,15-16,21-22,27-28,33-58H2,1-2H3,(H,70,71,72)/b7-5-,8-6-,13-11-,14-12-,19-17-,20-18-,25-23-,26-24-,31-29-,32-30-. The molecular formula is C65H108O12S. The quantitative estimate of drug-likeness (QED) is 0.0196. The van der Waals surface area contributed by atoms with Gasteiger partial charge in [0.15, 0.2) is 6.29 Å². The summed E-state index contributed by atoms with van der Waals surface area (Å²) in [7, 11) is -5.08. The van der Waals surface area contributed by atoms with E-state index >= 15 is 0 Å². The number of hydrogen-bond acceptors (Lipinski definition) is 11. The first-order chi connectivity index (χ1) is 38.1. The first kappa shape index (κ1) is 72.5. The summed E-state index contributed by atoms with van der Waals surface area (Å²) in [6.07, 6.45) is 69.4. The predicted octanol–water partition coefficient (Wildman–Crippen LogP) is 15.6. The zero-order chi connectivity index (χ0) is 56.7. The lowest BCUT2D eigenvalue weighted by atomic mass is 9.99. The Kier molecular flexibility index (Phi) is 50.3. The monoisotopic (exact) mass is 1110 g/mol. The first-order valence-electron chi connectivity index (χ1n) is 30.3.